The third kappa shape index (κ3) is 6.20. The first-order valence-electron chi connectivity index (χ1n) is 10.5. The largest absolute Gasteiger partial charge is 0.497 e. The minimum Gasteiger partial charge on any atom is -0.497 e. The van der Waals surface area contributed by atoms with Gasteiger partial charge in [-0.2, -0.15) is 5.10 Å². The quantitative estimate of drug-likeness (QED) is 0.198. The molecule has 0 saturated heterocycles. The monoisotopic (exact) mass is 507 g/mol. The molecule has 0 fully saturated rings. The Morgan fingerprint density at radius 3 is 2.23 bits per heavy atom. The van der Waals surface area contributed by atoms with Crippen LogP contribution < -0.4 is 14.9 Å². The van der Waals surface area contributed by atoms with Gasteiger partial charge >= 0.3 is 0 Å². The van der Waals surface area contributed by atoms with Crippen LogP contribution in [0.15, 0.2) is 83.1 Å². The molecule has 1 N–H and O–H groups in total. The molecule has 1 amide bonds. The van der Waals surface area contributed by atoms with Crippen molar-refractivity contribution in [2.24, 2.45) is 5.10 Å². The molecule has 0 atom stereocenters. The van der Waals surface area contributed by atoms with Crippen molar-refractivity contribution in [2.75, 3.05) is 20.0 Å². The van der Waals surface area contributed by atoms with Crippen molar-refractivity contribution in [2.45, 2.75) is 5.16 Å². The van der Waals surface area contributed by atoms with Crippen molar-refractivity contribution in [3.05, 3.63) is 83.4 Å². The van der Waals surface area contributed by atoms with E-state index in [2.05, 4.69) is 20.7 Å². The second-order valence-electron chi connectivity index (χ2n) is 7.20. The number of halogens is 1. The van der Waals surface area contributed by atoms with E-state index >= 15 is 0 Å². The van der Waals surface area contributed by atoms with E-state index in [1.54, 1.807) is 32.6 Å². The van der Waals surface area contributed by atoms with E-state index < -0.39 is 0 Å². The van der Waals surface area contributed by atoms with E-state index in [0.29, 0.717) is 16.0 Å². The highest BCUT2D eigenvalue weighted by Gasteiger charge is 2.17. The molecule has 3 aromatic carbocycles. The molecule has 0 spiro atoms. The first-order valence-corrected chi connectivity index (χ1v) is 11.9. The highest BCUT2D eigenvalue weighted by Crippen LogP contribution is 2.29. The number of thioether (sulfide) groups is 1. The van der Waals surface area contributed by atoms with Gasteiger partial charge in [-0.3, -0.25) is 9.36 Å². The van der Waals surface area contributed by atoms with Crippen LogP contribution in [0.25, 0.3) is 17.1 Å². The second kappa shape index (κ2) is 11.5. The van der Waals surface area contributed by atoms with Gasteiger partial charge in [-0.1, -0.05) is 23.4 Å². The first-order chi connectivity index (χ1) is 17.1. The molecule has 178 valence electrons. The Morgan fingerprint density at radius 1 is 0.971 bits per heavy atom. The predicted molar refractivity (Wildman–Crippen MR) is 138 cm³/mol. The molecule has 0 aliphatic carbocycles. The van der Waals surface area contributed by atoms with Crippen LogP contribution in [0.3, 0.4) is 0 Å². The van der Waals surface area contributed by atoms with Crippen LogP contribution in [0, 0.1) is 0 Å². The fourth-order valence-electron chi connectivity index (χ4n) is 3.14. The van der Waals surface area contributed by atoms with E-state index in [1.807, 2.05) is 65.2 Å². The van der Waals surface area contributed by atoms with E-state index in [4.69, 9.17) is 21.1 Å². The summed E-state index contributed by atoms with van der Waals surface area (Å²) >= 11 is 7.34. The van der Waals surface area contributed by atoms with Gasteiger partial charge in [0.1, 0.15) is 11.5 Å². The third-order valence-electron chi connectivity index (χ3n) is 4.92. The van der Waals surface area contributed by atoms with E-state index in [9.17, 15) is 4.79 Å². The van der Waals surface area contributed by atoms with Gasteiger partial charge in [0.05, 0.1) is 26.2 Å². The van der Waals surface area contributed by atoms with Gasteiger partial charge in [-0.25, -0.2) is 5.43 Å². The molecule has 8 nitrogen and oxygen atoms in total. The summed E-state index contributed by atoms with van der Waals surface area (Å²) in [6.07, 6.45) is 1.57. The molecular weight excluding hydrogens is 486 g/mol. The molecule has 1 heterocycles. The lowest BCUT2D eigenvalue weighted by Crippen LogP contribution is -2.20. The minimum absolute atomic E-state index is 0.105. The van der Waals surface area contributed by atoms with Gasteiger partial charge in [-0.15, -0.1) is 10.2 Å². The summed E-state index contributed by atoms with van der Waals surface area (Å²) < 4.78 is 12.3. The Labute approximate surface area is 211 Å². The van der Waals surface area contributed by atoms with Crippen molar-refractivity contribution >= 4 is 35.5 Å². The predicted octanol–water partition coefficient (Wildman–Crippen LogP) is 4.85. The molecule has 0 unspecified atom stereocenters. The van der Waals surface area contributed by atoms with Gasteiger partial charge in [0, 0.05) is 16.3 Å². The number of hydrogen-bond acceptors (Lipinski definition) is 7. The van der Waals surface area contributed by atoms with Gasteiger partial charge in [0.2, 0.25) is 0 Å². The molecule has 1 aromatic heterocycles. The highest BCUT2D eigenvalue weighted by molar-refractivity contribution is 7.99. The van der Waals surface area contributed by atoms with Crippen molar-refractivity contribution in [1.29, 1.82) is 0 Å². The number of carbonyl (C=O) groups is 1. The zero-order valence-corrected chi connectivity index (χ0v) is 20.6. The van der Waals surface area contributed by atoms with Crippen LogP contribution in [-0.4, -0.2) is 46.9 Å². The topological polar surface area (TPSA) is 90.6 Å². The number of amides is 1. The Kier molecular flexibility index (Phi) is 8.02. The lowest BCUT2D eigenvalue weighted by atomic mass is 10.2. The molecule has 0 saturated carbocycles. The maximum absolute atomic E-state index is 12.4. The highest BCUT2D eigenvalue weighted by atomic mass is 35.5. The lowest BCUT2D eigenvalue weighted by molar-refractivity contribution is -0.118. The van der Waals surface area contributed by atoms with Crippen LogP contribution in [0.4, 0.5) is 0 Å². The van der Waals surface area contributed by atoms with Crippen molar-refractivity contribution in [3.8, 4) is 28.6 Å². The van der Waals surface area contributed by atoms with E-state index in [-0.39, 0.29) is 11.7 Å². The number of aromatic nitrogens is 3. The maximum Gasteiger partial charge on any atom is 0.250 e. The number of methoxy groups -OCH3 is 2. The number of benzene rings is 3. The van der Waals surface area contributed by atoms with Gasteiger partial charge in [0.25, 0.3) is 5.91 Å². The Morgan fingerprint density at radius 2 is 1.60 bits per heavy atom. The number of hydrogen-bond donors (Lipinski definition) is 1. The Balaban J connectivity index is 1.49. The number of nitrogens with zero attached hydrogens (tertiary/aromatic N) is 4. The lowest BCUT2D eigenvalue weighted by Gasteiger charge is -2.11. The van der Waals surface area contributed by atoms with Crippen LogP contribution in [-0.2, 0) is 4.79 Å². The summed E-state index contributed by atoms with van der Waals surface area (Å²) in [5.41, 5.74) is 5.06. The van der Waals surface area contributed by atoms with Crippen LogP contribution in [0.1, 0.15) is 5.56 Å². The average Bonchev–Trinajstić information content (AvgIpc) is 3.32. The number of nitrogens with one attached hydrogen (secondary N) is 1. The molecule has 0 aliphatic heterocycles. The molecule has 4 rings (SSSR count). The van der Waals surface area contributed by atoms with Crippen LogP contribution >= 0.6 is 23.4 Å². The maximum atomic E-state index is 12.4. The molecule has 0 bridgehead atoms. The fraction of sp³-hybridized carbons (Fsp3) is 0.120. The first kappa shape index (κ1) is 24.3. The Bertz CT molecular complexity index is 1310. The Hall–Kier alpha value is -3.82. The molecule has 0 aliphatic rings. The summed E-state index contributed by atoms with van der Waals surface area (Å²) in [4.78, 5) is 12.4. The van der Waals surface area contributed by atoms with Gasteiger partial charge < -0.3 is 9.47 Å². The van der Waals surface area contributed by atoms with Gasteiger partial charge in [0.15, 0.2) is 11.0 Å². The molecule has 35 heavy (non-hydrogen) atoms. The minimum atomic E-state index is -0.267. The zero-order chi connectivity index (χ0) is 24.6. The number of rotatable bonds is 9. The standard InChI is InChI=1S/C25H22ClN5O3S/c1-33-21-11-3-17(4-12-21)15-27-28-23(32)16-35-25-30-29-24(18-5-13-22(34-2)14-6-18)31(25)20-9-7-19(26)8-10-20/h3-15H,16H2,1-2H3,(H,28,32). The number of ether oxygens (including phenoxy) is 2. The van der Waals surface area contributed by atoms with Crippen LogP contribution in [0.2, 0.25) is 5.02 Å². The smallest absolute Gasteiger partial charge is 0.250 e. The van der Waals surface area contributed by atoms with Crippen molar-refractivity contribution in [3.63, 3.8) is 0 Å². The number of hydrazone groups is 1. The molecular formula is C25H22ClN5O3S. The zero-order valence-electron chi connectivity index (χ0n) is 19.0. The van der Waals surface area contributed by atoms with E-state index in [1.165, 1.54) is 11.8 Å². The summed E-state index contributed by atoms with van der Waals surface area (Å²) in [5.74, 6) is 1.97. The van der Waals surface area contributed by atoms with Crippen molar-refractivity contribution < 1.29 is 14.3 Å². The molecule has 0 radical (unpaired) electrons. The normalized spacial score (nSPS) is 10.9. The fourth-order valence-corrected chi connectivity index (χ4v) is 4.01. The number of carbonyl (C=O) groups excluding carboxylic acids is 1. The summed E-state index contributed by atoms with van der Waals surface area (Å²) in [6, 6.07) is 22.2. The van der Waals surface area contributed by atoms with E-state index in [0.717, 1.165) is 28.3 Å². The average molecular weight is 508 g/mol. The summed E-state index contributed by atoms with van der Waals surface area (Å²) in [6.45, 7) is 0. The summed E-state index contributed by atoms with van der Waals surface area (Å²) in [7, 11) is 3.22. The summed E-state index contributed by atoms with van der Waals surface area (Å²) in [5, 5.41) is 13.9. The third-order valence-corrected chi connectivity index (χ3v) is 6.10. The SMILES string of the molecule is COc1ccc(C=NNC(=O)CSc2nnc(-c3ccc(OC)cc3)n2-c2ccc(Cl)cc2)cc1. The van der Waals surface area contributed by atoms with Crippen LogP contribution in [0.5, 0.6) is 11.5 Å². The second-order valence-corrected chi connectivity index (χ2v) is 8.58. The molecule has 4 aromatic rings. The molecule has 10 heteroatoms. The van der Waals surface area contributed by atoms with Gasteiger partial charge in [-0.05, 0) is 78.4 Å². The van der Waals surface area contributed by atoms with Crippen molar-refractivity contribution in [1.82, 2.24) is 20.2 Å².